The number of carbonyl (C=O) groups is 1. The van der Waals surface area contributed by atoms with Crippen LogP contribution in [0, 0.1) is 6.92 Å². The number of aromatic nitrogens is 4. The molecule has 0 fully saturated rings. The summed E-state index contributed by atoms with van der Waals surface area (Å²) in [5, 5.41) is 0.631. The Morgan fingerprint density at radius 3 is 2.85 bits per heavy atom. The van der Waals surface area contributed by atoms with Gasteiger partial charge in [0.25, 0.3) is 5.56 Å². The summed E-state index contributed by atoms with van der Waals surface area (Å²) in [5.74, 6) is 1.77. The van der Waals surface area contributed by atoms with Gasteiger partial charge in [0, 0.05) is 51.4 Å². The SMILES string of the molecule is Cc1nccn1CCC(=O)N1CCc2nc3ccccc3c(=O)n2CC1. The maximum absolute atomic E-state index is 12.7. The van der Waals surface area contributed by atoms with E-state index in [1.54, 1.807) is 16.8 Å². The van der Waals surface area contributed by atoms with Gasteiger partial charge in [0.2, 0.25) is 5.91 Å². The summed E-state index contributed by atoms with van der Waals surface area (Å²) in [7, 11) is 0. The number of fused-ring (bicyclic) bond motifs is 2. The lowest BCUT2D eigenvalue weighted by molar-refractivity contribution is -0.131. The lowest BCUT2D eigenvalue weighted by atomic mass is 10.2. The minimum absolute atomic E-state index is 0.0195. The second-order valence-electron chi connectivity index (χ2n) is 6.55. The van der Waals surface area contributed by atoms with E-state index in [1.807, 2.05) is 40.8 Å². The van der Waals surface area contributed by atoms with Crippen LogP contribution in [0.5, 0.6) is 0 Å². The third kappa shape index (κ3) is 3.00. The Morgan fingerprint density at radius 2 is 2.04 bits per heavy atom. The standard InChI is InChI=1S/C19H21N5O2/c1-14-20-8-11-22(14)10-7-18(25)23-9-6-17-21-16-5-3-2-4-15(16)19(26)24(17)13-12-23/h2-5,8,11H,6-7,9-10,12-13H2,1H3. The Bertz CT molecular complexity index is 1020. The Morgan fingerprint density at radius 1 is 1.19 bits per heavy atom. The van der Waals surface area contributed by atoms with E-state index in [1.165, 1.54) is 0 Å². The molecule has 0 saturated heterocycles. The molecule has 26 heavy (non-hydrogen) atoms. The Kier molecular flexibility index (Phi) is 4.28. The molecule has 3 heterocycles. The first-order valence-electron chi connectivity index (χ1n) is 8.87. The van der Waals surface area contributed by atoms with Gasteiger partial charge in [-0.05, 0) is 19.1 Å². The molecule has 1 amide bonds. The number of amides is 1. The van der Waals surface area contributed by atoms with Crippen LogP contribution < -0.4 is 5.56 Å². The highest BCUT2D eigenvalue weighted by Gasteiger charge is 2.20. The van der Waals surface area contributed by atoms with Crippen molar-refractivity contribution in [2.24, 2.45) is 0 Å². The summed E-state index contributed by atoms with van der Waals surface area (Å²) in [5.41, 5.74) is 0.702. The Balaban J connectivity index is 1.50. The van der Waals surface area contributed by atoms with E-state index >= 15 is 0 Å². The van der Waals surface area contributed by atoms with Crippen LogP contribution in [0.3, 0.4) is 0 Å². The lowest BCUT2D eigenvalue weighted by Crippen LogP contribution is -2.34. The zero-order chi connectivity index (χ0) is 18.1. The van der Waals surface area contributed by atoms with Gasteiger partial charge in [0.05, 0.1) is 10.9 Å². The summed E-state index contributed by atoms with van der Waals surface area (Å²) in [6.07, 6.45) is 4.65. The fraction of sp³-hybridized carbons (Fsp3) is 0.368. The molecule has 7 heteroatoms. The van der Waals surface area contributed by atoms with Gasteiger partial charge >= 0.3 is 0 Å². The largest absolute Gasteiger partial charge is 0.340 e. The van der Waals surface area contributed by atoms with Crippen LogP contribution in [0.1, 0.15) is 18.1 Å². The van der Waals surface area contributed by atoms with Crippen LogP contribution in [0.2, 0.25) is 0 Å². The summed E-state index contributed by atoms with van der Waals surface area (Å²) < 4.78 is 3.69. The molecule has 1 aliphatic heterocycles. The quantitative estimate of drug-likeness (QED) is 0.715. The molecule has 0 spiro atoms. The topological polar surface area (TPSA) is 73.0 Å². The maximum Gasteiger partial charge on any atom is 0.261 e. The Hall–Kier alpha value is -2.96. The minimum atomic E-state index is -0.0195. The molecule has 7 nitrogen and oxygen atoms in total. The van der Waals surface area contributed by atoms with Crippen molar-refractivity contribution >= 4 is 16.8 Å². The first-order valence-corrected chi connectivity index (χ1v) is 8.87. The molecule has 0 unspecified atom stereocenters. The molecule has 0 bridgehead atoms. The van der Waals surface area contributed by atoms with Gasteiger partial charge in [-0.15, -0.1) is 0 Å². The monoisotopic (exact) mass is 351 g/mol. The predicted octanol–water partition coefficient (Wildman–Crippen LogP) is 1.38. The molecule has 2 aromatic heterocycles. The van der Waals surface area contributed by atoms with Crippen molar-refractivity contribution in [1.82, 2.24) is 24.0 Å². The highest BCUT2D eigenvalue weighted by molar-refractivity contribution is 5.78. The summed E-state index contributed by atoms with van der Waals surface area (Å²) in [6.45, 7) is 4.16. The zero-order valence-electron chi connectivity index (χ0n) is 14.8. The number of imidazole rings is 1. The van der Waals surface area contributed by atoms with Crippen LogP contribution >= 0.6 is 0 Å². The average molecular weight is 351 g/mol. The summed E-state index contributed by atoms with van der Waals surface area (Å²) >= 11 is 0. The van der Waals surface area contributed by atoms with Crippen molar-refractivity contribution in [2.45, 2.75) is 32.9 Å². The van der Waals surface area contributed by atoms with E-state index in [2.05, 4.69) is 9.97 Å². The van der Waals surface area contributed by atoms with Crippen LogP contribution in [0.15, 0.2) is 41.5 Å². The number of carbonyl (C=O) groups excluding carboxylic acids is 1. The number of aryl methyl sites for hydroxylation is 2. The highest BCUT2D eigenvalue weighted by atomic mass is 16.2. The highest BCUT2D eigenvalue weighted by Crippen LogP contribution is 2.12. The molecule has 3 aromatic rings. The minimum Gasteiger partial charge on any atom is -0.340 e. The van der Waals surface area contributed by atoms with E-state index in [0.29, 0.717) is 44.4 Å². The number of nitrogens with zero attached hydrogens (tertiary/aromatic N) is 5. The van der Waals surface area contributed by atoms with Crippen LogP contribution in [-0.2, 0) is 24.3 Å². The first kappa shape index (κ1) is 16.5. The summed E-state index contributed by atoms with van der Waals surface area (Å²) in [6, 6.07) is 7.40. The third-order valence-electron chi connectivity index (χ3n) is 4.98. The van der Waals surface area contributed by atoms with Crippen LogP contribution in [0.25, 0.3) is 10.9 Å². The molecule has 0 radical (unpaired) electrons. The second-order valence-corrected chi connectivity index (χ2v) is 6.55. The molecule has 0 aliphatic carbocycles. The summed E-state index contributed by atoms with van der Waals surface area (Å²) in [4.78, 5) is 36.0. The first-order chi connectivity index (χ1) is 12.6. The van der Waals surface area contributed by atoms with Crippen molar-refractivity contribution in [3.05, 3.63) is 58.7 Å². The van der Waals surface area contributed by atoms with Crippen LogP contribution in [0.4, 0.5) is 0 Å². The van der Waals surface area contributed by atoms with Crippen LogP contribution in [-0.4, -0.2) is 43.0 Å². The normalized spacial score (nSPS) is 14.3. The van der Waals surface area contributed by atoms with Crippen molar-refractivity contribution in [1.29, 1.82) is 0 Å². The van der Waals surface area contributed by atoms with Crippen molar-refractivity contribution in [2.75, 3.05) is 13.1 Å². The van der Waals surface area contributed by atoms with Crippen molar-refractivity contribution in [3.8, 4) is 0 Å². The second kappa shape index (κ2) is 6.74. The molecular formula is C19H21N5O2. The van der Waals surface area contributed by atoms with Gasteiger partial charge in [-0.25, -0.2) is 9.97 Å². The van der Waals surface area contributed by atoms with E-state index in [9.17, 15) is 9.59 Å². The number of benzene rings is 1. The average Bonchev–Trinajstić information content (AvgIpc) is 2.93. The fourth-order valence-electron chi connectivity index (χ4n) is 3.47. The van der Waals surface area contributed by atoms with Gasteiger partial charge in [0.15, 0.2) is 0 Å². The molecule has 1 aromatic carbocycles. The molecule has 0 atom stereocenters. The zero-order valence-corrected chi connectivity index (χ0v) is 14.8. The van der Waals surface area contributed by atoms with Gasteiger partial charge in [-0.3, -0.25) is 14.2 Å². The Labute approximate surface area is 150 Å². The predicted molar refractivity (Wildman–Crippen MR) is 97.9 cm³/mol. The molecule has 4 rings (SSSR count). The van der Waals surface area contributed by atoms with Crippen molar-refractivity contribution < 1.29 is 4.79 Å². The number of hydrogen-bond donors (Lipinski definition) is 0. The van der Waals surface area contributed by atoms with E-state index in [0.717, 1.165) is 17.2 Å². The lowest BCUT2D eigenvalue weighted by Gasteiger charge is -2.20. The van der Waals surface area contributed by atoms with Gasteiger partial charge < -0.3 is 9.47 Å². The van der Waals surface area contributed by atoms with Gasteiger partial charge in [-0.2, -0.15) is 0 Å². The maximum atomic E-state index is 12.7. The molecule has 134 valence electrons. The van der Waals surface area contributed by atoms with Crippen molar-refractivity contribution in [3.63, 3.8) is 0 Å². The number of rotatable bonds is 3. The molecule has 1 aliphatic rings. The third-order valence-corrected chi connectivity index (χ3v) is 4.98. The van der Waals surface area contributed by atoms with E-state index in [-0.39, 0.29) is 11.5 Å². The molecule has 0 saturated carbocycles. The smallest absolute Gasteiger partial charge is 0.261 e. The number of hydrogen-bond acceptors (Lipinski definition) is 4. The van der Waals surface area contributed by atoms with Gasteiger partial charge in [-0.1, -0.05) is 12.1 Å². The van der Waals surface area contributed by atoms with Gasteiger partial charge in [0.1, 0.15) is 11.6 Å². The number of para-hydroxylation sites is 1. The van der Waals surface area contributed by atoms with E-state index in [4.69, 9.17) is 0 Å². The molecular weight excluding hydrogens is 330 g/mol. The fourth-order valence-corrected chi connectivity index (χ4v) is 3.47. The van der Waals surface area contributed by atoms with E-state index < -0.39 is 0 Å². The molecule has 0 N–H and O–H groups in total.